The molecule has 0 saturated carbocycles. The number of nitrogens with one attached hydrogen (secondary N) is 1. The van der Waals surface area contributed by atoms with Crippen LogP contribution < -0.4 is 5.32 Å². The van der Waals surface area contributed by atoms with Crippen LogP contribution in [0.4, 0.5) is 0 Å². The molecule has 14 heavy (non-hydrogen) atoms. The van der Waals surface area contributed by atoms with Gasteiger partial charge < -0.3 is 5.32 Å². The summed E-state index contributed by atoms with van der Waals surface area (Å²) < 4.78 is 0. The smallest absolute Gasteiger partial charge is 0.000241 e. The fourth-order valence-electron chi connectivity index (χ4n) is 0.729. The maximum absolute atomic E-state index is 3.43. The zero-order chi connectivity index (χ0) is 11.4. The van der Waals surface area contributed by atoms with E-state index in [1.165, 1.54) is 25.7 Å². The lowest BCUT2D eigenvalue weighted by molar-refractivity contribution is 0.329. The Balaban J connectivity index is 0. The number of rotatable bonds is 6. The van der Waals surface area contributed by atoms with Crippen LogP contribution in [0.1, 0.15) is 67.2 Å². The summed E-state index contributed by atoms with van der Waals surface area (Å²) in [5.74, 6) is 0. The third kappa shape index (κ3) is 14.5. The first-order valence-electron chi connectivity index (χ1n) is 6.24. The van der Waals surface area contributed by atoms with Gasteiger partial charge in [0.05, 0.1) is 0 Å². The average molecular weight is 201 g/mol. The lowest BCUT2D eigenvalue weighted by Crippen LogP contribution is -2.29. The standard InChI is InChI=1S/C9H21N.C4H10/c1-5-7-10-8-9(3,4)6-2;1-3-4-2/h10H,5-8H2,1-4H3;3-4H2,1-2H3. The molecule has 0 bridgehead atoms. The van der Waals surface area contributed by atoms with E-state index in [1.54, 1.807) is 0 Å². The fourth-order valence-corrected chi connectivity index (χ4v) is 0.729. The molecule has 0 heterocycles. The Morgan fingerprint density at radius 3 is 1.64 bits per heavy atom. The Morgan fingerprint density at radius 2 is 1.36 bits per heavy atom. The Labute approximate surface area is 91.7 Å². The van der Waals surface area contributed by atoms with Gasteiger partial charge in [0, 0.05) is 6.54 Å². The fraction of sp³-hybridized carbons (Fsp3) is 1.00. The molecule has 1 heteroatoms. The van der Waals surface area contributed by atoms with Gasteiger partial charge >= 0.3 is 0 Å². The summed E-state index contributed by atoms with van der Waals surface area (Å²) >= 11 is 0. The second-order valence-corrected chi connectivity index (χ2v) is 4.69. The molecule has 0 spiro atoms. The topological polar surface area (TPSA) is 12.0 Å². The summed E-state index contributed by atoms with van der Waals surface area (Å²) in [7, 11) is 0. The van der Waals surface area contributed by atoms with Crippen LogP contribution in [0.5, 0.6) is 0 Å². The quantitative estimate of drug-likeness (QED) is 0.634. The van der Waals surface area contributed by atoms with Gasteiger partial charge in [0.1, 0.15) is 0 Å². The SMILES string of the molecule is CCCC.CCCNCC(C)(C)CC. The number of unbranched alkanes of at least 4 members (excludes halogenated alkanes) is 1. The predicted octanol–water partition coefficient (Wildman–Crippen LogP) is 4.23. The van der Waals surface area contributed by atoms with Gasteiger partial charge in [-0.3, -0.25) is 0 Å². The third-order valence-corrected chi connectivity index (χ3v) is 2.49. The zero-order valence-electron chi connectivity index (χ0n) is 11.2. The van der Waals surface area contributed by atoms with Crippen molar-refractivity contribution in [1.82, 2.24) is 5.32 Å². The van der Waals surface area contributed by atoms with Crippen LogP contribution in [0.2, 0.25) is 0 Å². The van der Waals surface area contributed by atoms with Gasteiger partial charge in [-0.1, -0.05) is 54.4 Å². The van der Waals surface area contributed by atoms with E-state index >= 15 is 0 Å². The molecule has 0 aliphatic heterocycles. The molecule has 1 nitrogen and oxygen atoms in total. The summed E-state index contributed by atoms with van der Waals surface area (Å²) in [4.78, 5) is 0. The van der Waals surface area contributed by atoms with Crippen LogP contribution in [-0.4, -0.2) is 13.1 Å². The first-order chi connectivity index (χ1) is 6.54. The largest absolute Gasteiger partial charge is 0.316 e. The van der Waals surface area contributed by atoms with Crippen LogP contribution in [0.25, 0.3) is 0 Å². The van der Waals surface area contributed by atoms with Gasteiger partial charge in [0.25, 0.3) is 0 Å². The molecular weight excluding hydrogens is 170 g/mol. The van der Waals surface area contributed by atoms with Crippen LogP contribution in [0, 0.1) is 5.41 Å². The van der Waals surface area contributed by atoms with Crippen molar-refractivity contribution in [1.29, 1.82) is 0 Å². The first-order valence-corrected chi connectivity index (χ1v) is 6.24. The molecular formula is C13H31N. The first kappa shape index (κ1) is 16.4. The molecule has 0 atom stereocenters. The molecule has 0 rings (SSSR count). The Kier molecular flexibility index (Phi) is 12.9. The van der Waals surface area contributed by atoms with E-state index in [-0.39, 0.29) is 0 Å². The minimum Gasteiger partial charge on any atom is -0.316 e. The highest BCUT2D eigenvalue weighted by atomic mass is 14.9. The Morgan fingerprint density at radius 1 is 0.857 bits per heavy atom. The van der Waals surface area contributed by atoms with Crippen LogP contribution in [0.15, 0.2) is 0 Å². The maximum Gasteiger partial charge on any atom is 0.000241 e. The van der Waals surface area contributed by atoms with Gasteiger partial charge in [-0.25, -0.2) is 0 Å². The maximum atomic E-state index is 3.43. The summed E-state index contributed by atoms with van der Waals surface area (Å²) in [5, 5.41) is 3.43. The molecule has 1 N–H and O–H groups in total. The molecule has 0 aliphatic carbocycles. The zero-order valence-corrected chi connectivity index (χ0v) is 11.2. The van der Waals surface area contributed by atoms with Crippen molar-refractivity contribution in [2.45, 2.75) is 67.2 Å². The lowest BCUT2D eigenvalue weighted by Gasteiger charge is -2.22. The molecule has 0 fully saturated rings. The lowest BCUT2D eigenvalue weighted by atomic mass is 9.90. The predicted molar refractivity (Wildman–Crippen MR) is 67.8 cm³/mol. The normalized spacial score (nSPS) is 10.7. The molecule has 0 aromatic heterocycles. The molecule has 0 saturated heterocycles. The highest BCUT2D eigenvalue weighted by Crippen LogP contribution is 2.17. The molecule has 0 amide bonds. The van der Waals surface area contributed by atoms with Gasteiger partial charge in [0.2, 0.25) is 0 Å². The Bertz CT molecular complexity index is 95.4. The van der Waals surface area contributed by atoms with Crippen LogP contribution in [-0.2, 0) is 0 Å². The monoisotopic (exact) mass is 201 g/mol. The molecule has 0 unspecified atom stereocenters. The van der Waals surface area contributed by atoms with E-state index in [0.717, 1.165) is 13.1 Å². The van der Waals surface area contributed by atoms with E-state index in [0.29, 0.717) is 5.41 Å². The summed E-state index contributed by atoms with van der Waals surface area (Å²) in [6, 6.07) is 0. The van der Waals surface area contributed by atoms with Gasteiger partial charge in [-0.05, 0) is 24.8 Å². The highest BCUT2D eigenvalue weighted by Gasteiger charge is 2.12. The summed E-state index contributed by atoms with van der Waals surface area (Å²) in [5.41, 5.74) is 0.481. The minimum absolute atomic E-state index is 0.481. The minimum atomic E-state index is 0.481. The van der Waals surface area contributed by atoms with E-state index in [9.17, 15) is 0 Å². The molecule has 0 aliphatic rings. The molecule has 0 radical (unpaired) electrons. The Hall–Kier alpha value is -0.0400. The van der Waals surface area contributed by atoms with E-state index in [1.807, 2.05) is 0 Å². The van der Waals surface area contributed by atoms with Gasteiger partial charge in [-0.15, -0.1) is 0 Å². The highest BCUT2D eigenvalue weighted by molar-refractivity contribution is 4.68. The number of hydrogen-bond donors (Lipinski definition) is 1. The molecule has 0 aromatic rings. The second kappa shape index (κ2) is 11.0. The van der Waals surface area contributed by atoms with Crippen LogP contribution >= 0.6 is 0 Å². The molecule has 88 valence electrons. The van der Waals surface area contributed by atoms with E-state index in [4.69, 9.17) is 0 Å². The molecule has 0 aromatic carbocycles. The van der Waals surface area contributed by atoms with E-state index in [2.05, 4.69) is 46.9 Å². The van der Waals surface area contributed by atoms with Crippen molar-refractivity contribution < 1.29 is 0 Å². The van der Waals surface area contributed by atoms with Crippen molar-refractivity contribution in [3.8, 4) is 0 Å². The van der Waals surface area contributed by atoms with Crippen molar-refractivity contribution >= 4 is 0 Å². The van der Waals surface area contributed by atoms with Gasteiger partial charge in [0.15, 0.2) is 0 Å². The summed E-state index contributed by atoms with van der Waals surface area (Å²) in [6.45, 7) is 15.7. The second-order valence-electron chi connectivity index (χ2n) is 4.69. The van der Waals surface area contributed by atoms with Crippen molar-refractivity contribution in [3.63, 3.8) is 0 Å². The van der Waals surface area contributed by atoms with E-state index < -0.39 is 0 Å². The van der Waals surface area contributed by atoms with Crippen molar-refractivity contribution in [2.75, 3.05) is 13.1 Å². The third-order valence-electron chi connectivity index (χ3n) is 2.49. The van der Waals surface area contributed by atoms with Crippen molar-refractivity contribution in [3.05, 3.63) is 0 Å². The number of hydrogen-bond acceptors (Lipinski definition) is 1. The average Bonchev–Trinajstić information content (AvgIpc) is 2.19. The van der Waals surface area contributed by atoms with Gasteiger partial charge in [-0.2, -0.15) is 0 Å². The van der Waals surface area contributed by atoms with Crippen LogP contribution in [0.3, 0.4) is 0 Å². The van der Waals surface area contributed by atoms with Crippen molar-refractivity contribution in [2.24, 2.45) is 5.41 Å². The summed E-state index contributed by atoms with van der Waals surface area (Å²) in [6.07, 6.45) is 5.13.